The summed E-state index contributed by atoms with van der Waals surface area (Å²) in [6, 6.07) is 18.0. The molecule has 184 valence electrons. The lowest BCUT2D eigenvalue weighted by Crippen LogP contribution is -2.36. The summed E-state index contributed by atoms with van der Waals surface area (Å²) >= 11 is 6.13. The zero-order valence-corrected chi connectivity index (χ0v) is 20.7. The van der Waals surface area contributed by atoms with Crippen molar-refractivity contribution in [2.24, 2.45) is 0 Å². The molecular formula is C25H26ClN3O5S. The molecule has 4 rings (SSSR count). The quantitative estimate of drug-likeness (QED) is 0.454. The van der Waals surface area contributed by atoms with Crippen LogP contribution in [0.25, 0.3) is 0 Å². The molecule has 0 spiro atoms. The Hall–Kier alpha value is -3.27. The summed E-state index contributed by atoms with van der Waals surface area (Å²) in [6.07, 6.45) is 0. The molecule has 0 aromatic heterocycles. The van der Waals surface area contributed by atoms with Crippen LogP contribution in [0.2, 0.25) is 5.02 Å². The monoisotopic (exact) mass is 515 g/mol. The maximum atomic E-state index is 13.1. The predicted octanol–water partition coefficient (Wildman–Crippen LogP) is 4.63. The van der Waals surface area contributed by atoms with Gasteiger partial charge in [0.15, 0.2) is 0 Å². The van der Waals surface area contributed by atoms with Crippen molar-refractivity contribution in [1.29, 1.82) is 0 Å². The summed E-state index contributed by atoms with van der Waals surface area (Å²) in [6.45, 7) is 4.74. The molecule has 0 aliphatic carbocycles. The highest BCUT2D eigenvalue weighted by molar-refractivity contribution is 7.92. The Bertz CT molecular complexity index is 1290. The van der Waals surface area contributed by atoms with Crippen LogP contribution in [0, 0.1) is 0 Å². The molecule has 1 fully saturated rings. The Balaban J connectivity index is 1.65. The molecule has 35 heavy (non-hydrogen) atoms. The summed E-state index contributed by atoms with van der Waals surface area (Å²) in [5.41, 5.74) is 1.78. The minimum absolute atomic E-state index is 0.00331. The first-order chi connectivity index (χ1) is 16.9. The van der Waals surface area contributed by atoms with Gasteiger partial charge in [-0.25, -0.2) is 8.42 Å². The third kappa shape index (κ3) is 6.05. The molecule has 3 aromatic carbocycles. The van der Waals surface area contributed by atoms with Crippen molar-refractivity contribution < 1.29 is 22.7 Å². The van der Waals surface area contributed by atoms with Crippen LogP contribution >= 0.6 is 11.6 Å². The molecule has 0 saturated carbocycles. The highest BCUT2D eigenvalue weighted by atomic mass is 35.5. The number of carbonyl (C=O) groups excluding carboxylic acids is 1. The normalized spacial score (nSPS) is 13.8. The standard InChI is InChI=1S/C25H26ClN3O5S/c1-2-34-19-9-7-18(8-10-19)25(30)27-23-17-20(11-12-24(23)29-13-15-33-16-14-29)35(31,32)28-22-6-4-3-5-21(22)26/h3-12,17,28H,2,13-16H2,1H3,(H,27,30). The highest BCUT2D eigenvalue weighted by Gasteiger charge is 2.22. The fourth-order valence-corrected chi connectivity index (χ4v) is 5.02. The van der Waals surface area contributed by atoms with E-state index >= 15 is 0 Å². The smallest absolute Gasteiger partial charge is 0.262 e. The van der Waals surface area contributed by atoms with E-state index in [1.807, 2.05) is 6.92 Å². The first kappa shape index (κ1) is 24.8. The molecule has 1 saturated heterocycles. The van der Waals surface area contributed by atoms with Gasteiger partial charge in [0, 0.05) is 18.7 Å². The van der Waals surface area contributed by atoms with Crippen molar-refractivity contribution in [3.8, 4) is 5.75 Å². The molecule has 1 heterocycles. The molecule has 1 amide bonds. The number of hydrogen-bond acceptors (Lipinski definition) is 6. The van der Waals surface area contributed by atoms with Gasteiger partial charge in [0.25, 0.3) is 15.9 Å². The Morgan fingerprint density at radius 1 is 1.03 bits per heavy atom. The predicted molar refractivity (Wildman–Crippen MR) is 137 cm³/mol. The Kier molecular flexibility index (Phi) is 7.80. The maximum absolute atomic E-state index is 13.1. The number of nitrogens with one attached hydrogen (secondary N) is 2. The van der Waals surface area contributed by atoms with Crippen LogP contribution in [0.4, 0.5) is 17.1 Å². The van der Waals surface area contributed by atoms with E-state index in [9.17, 15) is 13.2 Å². The fraction of sp³-hybridized carbons (Fsp3) is 0.240. The van der Waals surface area contributed by atoms with Crippen molar-refractivity contribution in [2.75, 3.05) is 47.8 Å². The summed E-state index contributed by atoms with van der Waals surface area (Å²) < 4.78 is 39.6. The largest absolute Gasteiger partial charge is 0.494 e. The number of carbonyl (C=O) groups is 1. The SMILES string of the molecule is CCOc1ccc(C(=O)Nc2cc(S(=O)(=O)Nc3ccccc3Cl)ccc2N2CCOCC2)cc1. The van der Waals surface area contributed by atoms with Crippen LogP contribution in [-0.2, 0) is 14.8 Å². The minimum Gasteiger partial charge on any atom is -0.494 e. The third-order valence-electron chi connectivity index (χ3n) is 5.42. The van der Waals surface area contributed by atoms with Gasteiger partial charge >= 0.3 is 0 Å². The van der Waals surface area contributed by atoms with Crippen molar-refractivity contribution in [1.82, 2.24) is 0 Å². The second-order valence-electron chi connectivity index (χ2n) is 7.78. The topological polar surface area (TPSA) is 97.0 Å². The number of ether oxygens (including phenoxy) is 2. The summed E-state index contributed by atoms with van der Waals surface area (Å²) in [5, 5.41) is 3.17. The van der Waals surface area contributed by atoms with E-state index in [1.165, 1.54) is 12.1 Å². The van der Waals surface area contributed by atoms with Gasteiger partial charge < -0.3 is 19.7 Å². The molecule has 0 atom stereocenters. The van der Waals surface area contributed by atoms with E-state index in [1.54, 1.807) is 54.6 Å². The van der Waals surface area contributed by atoms with Crippen LogP contribution in [0.1, 0.15) is 17.3 Å². The molecule has 0 bridgehead atoms. The lowest BCUT2D eigenvalue weighted by atomic mass is 10.1. The van der Waals surface area contributed by atoms with Gasteiger partial charge in [-0.2, -0.15) is 0 Å². The number of nitrogens with zero attached hydrogens (tertiary/aromatic N) is 1. The van der Waals surface area contributed by atoms with Gasteiger partial charge in [0.2, 0.25) is 0 Å². The van der Waals surface area contributed by atoms with E-state index in [0.717, 1.165) is 0 Å². The van der Waals surface area contributed by atoms with Gasteiger partial charge in [-0.1, -0.05) is 23.7 Å². The number of morpholine rings is 1. The molecule has 0 unspecified atom stereocenters. The molecule has 1 aliphatic heterocycles. The van der Waals surface area contributed by atoms with Crippen LogP contribution < -0.4 is 19.7 Å². The Morgan fingerprint density at radius 3 is 2.43 bits per heavy atom. The van der Waals surface area contributed by atoms with Gasteiger partial charge in [0.05, 0.1) is 46.8 Å². The lowest BCUT2D eigenvalue weighted by molar-refractivity contribution is 0.102. The molecule has 1 aliphatic rings. The Labute approximate surface area is 209 Å². The number of benzene rings is 3. The number of anilines is 3. The molecule has 0 radical (unpaired) electrons. The van der Waals surface area contributed by atoms with Gasteiger partial charge in [-0.3, -0.25) is 9.52 Å². The molecular weight excluding hydrogens is 490 g/mol. The second-order valence-corrected chi connectivity index (χ2v) is 9.86. The number of halogens is 1. The van der Waals surface area contributed by atoms with Crippen molar-refractivity contribution in [3.05, 3.63) is 77.3 Å². The van der Waals surface area contributed by atoms with E-state index in [0.29, 0.717) is 55.6 Å². The number of amides is 1. The number of para-hydroxylation sites is 1. The zero-order chi connectivity index (χ0) is 24.8. The van der Waals surface area contributed by atoms with Crippen LogP contribution in [0.15, 0.2) is 71.6 Å². The first-order valence-corrected chi connectivity index (χ1v) is 13.0. The van der Waals surface area contributed by atoms with Gasteiger partial charge in [0.1, 0.15) is 5.75 Å². The molecule has 10 heteroatoms. The Morgan fingerprint density at radius 2 is 1.74 bits per heavy atom. The average Bonchev–Trinajstić information content (AvgIpc) is 2.86. The second kappa shape index (κ2) is 11.0. The first-order valence-electron chi connectivity index (χ1n) is 11.2. The van der Waals surface area contributed by atoms with Crippen LogP contribution in [-0.4, -0.2) is 47.2 Å². The van der Waals surface area contributed by atoms with Gasteiger partial charge in [-0.05, 0) is 61.5 Å². The zero-order valence-electron chi connectivity index (χ0n) is 19.2. The van der Waals surface area contributed by atoms with E-state index in [4.69, 9.17) is 21.1 Å². The maximum Gasteiger partial charge on any atom is 0.262 e. The fourth-order valence-electron chi connectivity index (χ4n) is 3.67. The van der Waals surface area contributed by atoms with E-state index < -0.39 is 10.0 Å². The number of hydrogen-bond donors (Lipinski definition) is 2. The van der Waals surface area contributed by atoms with Crippen molar-refractivity contribution in [3.63, 3.8) is 0 Å². The van der Waals surface area contributed by atoms with Crippen molar-refractivity contribution in [2.45, 2.75) is 11.8 Å². The van der Waals surface area contributed by atoms with Gasteiger partial charge in [-0.15, -0.1) is 0 Å². The number of sulfonamides is 1. The van der Waals surface area contributed by atoms with E-state index in [2.05, 4.69) is 14.9 Å². The van der Waals surface area contributed by atoms with Crippen LogP contribution in [0.3, 0.4) is 0 Å². The average molecular weight is 516 g/mol. The molecule has 2 N–H and O–H groups in total. The van der Waals surface area contributed by atoms with Crippen molar-refractivity contribution >= 4 is 44.6 Å². The van der Waals surface area contributed by atoms with Crippen LogP contribution in [0.5, 0.6) is 5.75 Å². The molecule has 3 aromatic rings. The lowest BCUT2D eigenvalue weighted by Gasteiger charge is -2.30. The summed E-state index contributed by atoms with van der Waals surface area (Å²) in [7, 11) is -3.96. The van der Waals surface area contributed by atoms with E-state index in [-0.39, 0.29) is 21.5 Å². The number of rotatable bonds is 8. The third-order valence-corrected chi connectivity index (χ3v) is 7.12. The molecule has 8 nitrogen and oxygen atoms in total. The highest BCUT2D eigenvalue weighted by Crippen LogP contribution is 2.32. The summed E-state index contributed by atoms with van der Waals surface area (Å²) in [4.78, 5) is 15.1. The minimum atomic E-state index is -3.96. The summed E-state index contributed by atoms with van der Waals surface area (Å²) in [5.74, 6) is 0.299.